The number of unbranched alkanes of at least 4 members (excludes halogenated alkanes) is 1. The Morgan fingerprint density at radius 1 is 0.941 bits per heavy atom. The molecule has 0 heterocycles. The van der Waals surface area contributed by atoms with Crippen LogP contribution in [0.3, 0.4) is 0 Å². The van der Waals surface area contributed by atoms with Gasteiger partial charge in [-0.2, -0.15) is 0 Å². The van der Waals surface area contributed by atoms with Crippen molar-refractivity contribution in [3.05, 3.63) is 102 Å². The monoisotopic (exact) mass is 478 g/mol. The Balaban J connectivity index is 1.89. The quantitative estimate of drug-likeness (QED) is 0.277. The number of amides is 2. The Labute approximate surface area is 205 Å². The summed E-state index contributed by atoms with van der Waals surface area (Å²) in [5.74, 6) is -0.650. The summed E-state index contributed by atoms with van der Waals surface area (Å²) < 4.78 is 14.6. The van der Waals surface area contributed by atoms with Crippen molar-refractivity contribution in [1.29, 1.82) is 0 Å². The van der Waals surface area contributed by atoms with Gasteiger partial charge < -0.3 is 10.2 Å². The van der Waals surface area contributed by atoms with Crippen LogP contribution in [0.15, 0.2) is 89.8 Å². The summed E-state index contributed by atoms with van der Waals surface area (Å²) in [5, 5.41) is 2.98. The summed E-state index contributed by atoms with van der Waals surface area (Å²) in [4.78, 5) is 29.3. The second kappa shape index (κ2) is 13.6. The fourth-order valence-electron chi connectivity index (χ4n) is 3.61. The minimum atomic E-state index is -0.747. The Morgan fingerprint density at radius 3 is 2.26 bits per heavy atom. The van der Waals surface area contributed by atoms with Crippen molar-refractivity contribution in [3.63, 3.8) is 0 Å². The first-order valence-corrected chi connectivity index (χ1v) is 12.6. The fraction of sp³-hybridized carbons (Fsp3) is 0.286. The third-order valence-electron chi connectivity index (χ3n) is 5.50. The van der Waals surface area contributed by atoms with Gasteiger partial charge in [-0.05, 0) is 30.2 Å². The first-order chi connectivity index (χ1) is 16.6. The van der Waals surface area contributed by atoms with Crippen LogP contribution in [0.4, 0.5) is 4.39 Å². The molecule has 0 fully saturated rings. The molecule has 178 valence electrons. The molecule has 3 rings (SSSR count). The van der Waals surface area contributed by atoms with Crippen molar-refractivity contribution < 1.29 is 14.0 Å². The number of hydrogen-bond acceptors (Lipinski definition) is 3. The number of rotatable bonds is 12. The summed E-state index contributed by atoms with van der Waals surface area (Å²) in [7, 11) is 0. The first-order valence-electron chi connectivity index (χ1n) is 11.6. The van der Waals surface area contributed by atoms with Gasteiger partial charge in [0.15, 0.2) is 0 Å². The van der Waals surface area contributed by atoms with Crippen molar-refractivity contribution in [2.75, 3.05) is 12.3 Å². The Kier molecular flexibility index (Phi) is 10.2. The highest BCUT2D eigenvalue weighted by Gasteiger charge is 2.30. The Morgan fingerprint density at radius 2 is 1.59 bits per heavy atom. The van der Waals surface area contributed by atoms with E-state index in [4.69, 9.17) is 0 Å². The molecular formula is C28H31FN2O2S. The van der Waals surface area contributed by atoms with Crippen molar-refractivity contribution in [3.8, 4) is 0 Å². The third kappa shape index (κ3) is 7.73. The van der Waals surface area contributed by atoms with E-state index in [2.05, 4.69) is 12.2 Å². The molecule has 2 amide bonds. The van der Waals surface area contributed by atoms with Crippen molar-refractivity contribution in [2.45, 2.75) is 43.7 Å². The number of nitrogens with zero attached hydrogens (tertiary/aromatic N) is 1. The van der Waals surface area contributed by atoms with Gasteiger partial charge in [-0.25, -0.2) is 4.39 Å². The normalized spacial score (nSPS) is 11.6. The maximum absolute atomic E-state index is 14.6. The zero-order valence-corrected chi connectivity index (χ0v) is 20.3. The average Bonchev–Trinajstić information content (AvgIpc) is 2.87. The average molecular weight is 479 g/mol. The number of carbonyl (C=O) groups is 2. The van der Waals surface area contributed by atoms with Crippen LogP contribution in [0.2, 0.25) is 0 Å². The number of halogens is 1. The maximum atomic E-state index is 14.6. The maximum Gasteiger partial charge on any atom is 0.243 e. The van der Waals surface area contributed by atoms with E-state index in [-0.39, 0.29) is 29.9 Å². The molecule has 0 aromatic heterocycles. The molecule has 0 aliphatic carbocycles. The number of hydrogen-bond donors (Lipinski definition) is 1. The summed E-state index contributed by atoms with van der Waals surface area (Å²) in [6.07, 6.45) is 2.17. The highest BCUT2D eigenvalue weighted by molar-refractivity contribution is 8.00. The van der Waals surface area contributed by atoms with Gasteiger partial charge in [-0.15, -0.1) is 11.8 Å². The fourth-order valence-corrected chi connectivity index (χ4v) is 4.42. The highest BCUT2D eigenvalue weighted by Crippen LogP contribution is 2.21. The Bertz CT molecular complexity index is 1050. The van der Waals surface area contributed by atoms with Gasteiger partial charge >= 0.3 is 0 Å². The molecule has 0 spiro atoms. The van der Waals surface area contributed by atoms with E-state index in [1.165, 1.54) is 22.7 Å². The number of nitrogens with one attached hydrogen (secondary N) is 1. The van der Waals surface area contributed by atoms with Crippen LogP contribution in [0.5, 0.6) is 0 Å². The predicted octanol–water partition coefficient (Wildman–Crippen LogP) is 5.47. The zero-order chi connectivity index (χ0) is 24.2. The molecule has 34 heavy (non-hydrogen) atoms. The minimum Gasteiger partial charge on any atom is -0.354 e. The van der Waals surface area contributed by atoms with Crippen LogP contribution in [-0.2, 0) is 22.6 Å². The standard InChI is InChI=1S/C28H31FN2O2S/c1-2-3-18-30-28(33)26(19-22-12-6-4-7-13-22)31(20-23-14-10-11-17-25(23)29)27(32)21-34-24-15-8-5-9-16-24/h4-17,26H,2-3,18-21H2,1H3,(H,30,33)/t26-/m1/s1. The van der Waals surface area contributed by atoms with E-state index < -0.39 is 6.04 Å². The lowest BCUT2D eigenvalue weighted by atomic mass is 10.0. The van der Waals surface area contributed by atoms with Crippen LogP contribution >= 0.6 is 11.8 Å². The van der Waals surface area contributed by atoms with Gasteiger partial charge in [-0.1, -0.05) is 80.1 Å². The Hall–Kier alpha value is -3.12. The molecule has 0 radical (unpaired) electrons. The summed E-state index contributed by atoms with van der Waals surface area (Å²) in [6, 6.07) is 24.9. The van der Waals surface area contributed by atoms with Gasteiger partial charge in [0.2, 0.25) is 11.8 Å². The lowest BCUT2D eigenvalue weighted by Gasteiger charge is -2.31. The lowest BCUT2D eigenvalue weighted by molar-refractivity contribution is -0.139. The van der Waals surface area contributed by atoms with Crippen molar-refractivity contribution in [2.24, 2.45) is 0 Å². The molecule has 3 aromatic rings. The number of benzene rings is 3. The van der Waals surface area contributed by atoms with E-state index in [0.29, 0.717) is 18.5 Å². The van der Waals surface area contributed by atoms with Crippen LogP contribution in [0.25, 0.3) is 0 Å². The van der Waals surface area contributed by atoms with Gasteiger partial charge in [0.1, 0.15) is 11.9 Å². The molecule has 0 aliphatic rings. The highest BCUT2D eigenvalue weighted by atomic mass is 32.2. The van der Waals surface area contributed by atoms with Crippen LogP contribution in [-0.4, -0.2) is 35.1 Å². The van der Waals surface area contributed by atoms with Gasteiger partial charge in [-0.3, -0.25) is 9.59 Å². The van der Waals surface area contributed by atoms with Gasteiger partial charge in [0.25, 0.3) is 0 Å². The number of thioether (sulfide) groups is 1. The van der Waals surface area contributed by atoms with Crippen molar-refractivity contribution in [1.82, 2.24) is 10.2 Å². The smallest absolute Gasteiger partial charge is 0.243 e. The van der Waals surface area contributed by atoms with E-state index in [1.807, 2.05) is 60.7 Å². The molecule has 1 atom stereocenters. The molecule has 4 nitrogen and oxygen atoms in total. The molecule has 0 unspecified atom stereocenters. The van der Waals surface area contributed by atoms with Crippen molar-refractivity contribution >= 4 is 23.6 Å². The van der Waals surface area contributed by atoms with Gasteiger partial charge in [0, 0.05) is 30.0 Å². The second-order valence-electron chi connectivity index (χ2n) is 8.06. The summed E-state index contributed by atoms with van der Waals surface area (Å²) in [6.45, 7) is 2.63. The minimum absolute atomic E-state index is 0.0273. The van der Waals surface area contributed by atoms with Crippen LogP contribution in [0, 0.1) is 5.82 Å². The zero-order valence-electron chi connectivity index (χ0n) is 19.5. The predicted molar refractivity (Wildman–Crippen MR) is 136 cm³/mol. The van der Waals surface area contributed by atoms with E-state index in [9.17, 15) is 14.0 Å². The largest absolute Gasteiger partial charge is 0.354 e. The molecule has 0 aliphatic heterocycles. The summed E-state index contributed by atoms with van der Waals surface area (Å²) >= 11 is 1.41. The topological polar surface area (TPSA) is 49.4 Å². The molecule has 0 saturated heterocycles. The van der Waals surface area contributed by atoms with E-state index >= 15 is 0 Å². The van der Waals surface area contributed by atoms with Crippen LogP contribution in [0.1, 0.15) is 30.9 Å². The molecule has 3 aromatic carbocycles. The lowest BCUT2D eigenvalue weighted by Crippen LogP contribution is -2.51. The van der Waals surface area contributed by atoms with Crippen LogP contribution < -0.4 is 5.32 Å². The first kappa shape index (κ1) is 25.5. The second-order valence-corrected chi connectivity index (χ2v) is 9.11. The third-order valence-corrected chi connectivity index (χ3v) is 6.50. The van der Waals surface area contributed by atoms with E-state index in [1.54, 1.807) is 18.2 Å². The molecule has 0 bridgehead atoms. The molecular weight excluding hydrogens is 447 g/mol. The van der Waals surface area contributed by atoms with E-state index in [0.717, 1.165) is 23.3 Å². The molecule has 0 saturated carbocycles. The SMILES string of the molecule is CCCCNC(=O)[C@@H](Cc1ccccc1)N(Cc1ccccc1F)C(=O)CSc1ccccc1. The van der Waals surface area contributed by atoms with Gasteiger partial charge in [0.05, 0.1) is 5.75 Å². The molecule has 1 N–H and O–H groups in total. The summed E-state index contributed by atoms with van der Waals surface area (Å²) in [5.41, 5.74) is 1.33. The molecule has 6 heteroatoms. The number of carbonyl (C=O) groups excluding carboxylic acids is 2.